The van der Waals surface area contributed by atoms with Gasteiger partial charge in [-0.3, -0.25) is 4.40 Å². The Morgan fingerprint density at radius 2 is 2.20 bits per heavy atom. The fraction of sp³-hybridized carbons (Fsp3) is 0.118. The molecule has 0 radical (unpaired) electrons. The van der Waals surface area contributed by atoms with E-state index >= 15 is 0 Å². The number of rotatable bonds is 4. The number of nitriles is 1. The zero-order chi connectivity index (χ0) is 17.8. The lowest BCUT2D eigenvalue weighted by Crippen LogP contribution is -2.05. The summed E-state index contributed by atoms with van der Waals surface area (Å²) in [6.45, 7) is 1.86. The second kappa shape index (κ2) is 6.80. The van der Waals surface area contributed by atoms with E-state index in [9.17, 15) is 9.90 Å². The molecule has 8 nitrogen and oxygen atoms in total. The molecular formula is C17H13N5O3. The number of nitrogens with zero attached hydrogens (tertiary/aromatic N) is 5. The molecule has 124 valence electrons. The van der Waals surface area contributed by atoms with E-state index in [4.69, 9.17) is 10.00 Å². The molecule has 0 atom stereocenters. The van der Waals surface area contributed by atoms with Crippen molar-refractivity contribution >= 4 is 23.1 Å². The Kier molecular flexibility index (Phi) is 4.39. The summed E-state index contributed by atoms with van der Waals surface area (Å²) < 4.78 is 6.43. The Balaban J connectivity index is 2.11. The van der Waals surface area contributed by atoms with Crippen molar-refractivity contribution in [3.05, 3.63) is 53.9 Å². The molecule has 3 rings (SSSR count). The van der Waals surface area contributed by atoms with E-state index in [1.54, 1.807) is 43.5 Å². The summed E-state index contributed by atoms with van der Waals surface area (Å²) in [6, 6.07) is 11.6. The Morgan fingerprint density at radius 3 is 2.96 bits per heavy atom. The van der Waals surface area contributed by atoms with Crippen molar-refractivity contribution in [2.45, 2.75) is 6.92 Å². The minimum Gasteiger partial charge on any atom is -0.504 e. The first-order valence-corrected chi connectivity index (χ1v) is 7.43. The summed E-state index contributed by atoms with van der Waals surface area (Å²) in [5, 5.41) is 27.0. The van der Waals surface area contributed by atoms with Gasteiger partial charge in [0.2, 0.25) is 0 Å². The van der Waals surface area contributed by atoms with Crippen LogP contribution < -0.4 is 0 Å². The van der Waals surface area contributed by atoms with Crippen LogP contribution in [0.4, 0.5) is 11.5 Å². The van der Waals surface area contributed by atoms with Gasteiger partial charge in [-0.2, -0.15) is 5.26 Å². The van der Waals surface area contributed by atoms with E-state index in [-0.39, 0.29) is 29.5 Å². The number of carbonyl (C=O) groups is 1. The third-order valence-corrected chi connectivity index (χ3v) is 3.31. The molecule has 0 amide bonds. The molecule has 0 aliphatic heterocycles. The highest BCUT2D eigenvalue weighted by molar-refractivity contribution is 5.93. The third-order valence-electron chi connectivity index (χ3n) is 3.31. The van der Waals surface area contributed by atoms with Crippen molar-refractivity contribution < 1.29 is 14.6 Å². The number of carbonyl (C=O) groups excluding carboxylic acids is 1. The average molecular weight is 335 g/mol. The minimum absolute atomic E-state index is 0.0523. The molecule has 3 aromatic rings. The van der Waals surface area contributed by atoms with Gasteiger partial charge in [0.1, 0.15) is 0 Å². The van der Waals surface area contributed by atoms with E-state index in [1.165, 1.54) is 10.5 Å². The van der Waals surface area contributed by atoms with Crippen LogP contribution in [0, 0.1) is 11.3 Å². The van der Waals surface area contributed by atoms with Crippen molar-refractivity contribution in [3.63, 3.8) is 0 Å². The third kappa shape index (κ3) is 3.16. The molecule has 0 spiro atoms. The Morgan fingerprint density at radius 1 is 1.36 bits per heavy atom. The standard InChI is InChI=1S/C17H13N5O3/c1-2-25-17(24)14-16(22-8-4-7-13(23)15(22)19-14)21-20-12-6-3-5-11(9-12)10-18/h3-9,23H,2H2,1H3. The molecule has 0 saturated carbocycles. The number of fused-ring (bicyclic) bond motifs is 1. The predicted molar refractivity (Wildman–Crippen MR) is 88.1 cm³/mol. The molecule has 8 heteroatoms. The quantitative estimate of drug-likeness (QED) is 0.579. The number of benzene rings is 1. The highest BCUT2D eigenvalue weighted by atomic mass is 16.5. The van der Waals surface area contributed by atoms with Crippen LogP contribution in [-0.2, 0) is 4.74 Å². The molecule has 0 aliphatic rings. The van der Waals surface area contributed by atoms with Crippen LogP contribution in [0.2, 0.25) is 0 Å². The number of esters is 1. The molecule has 2 aromatic heterocycles. The Labute approximate surface area is 142 Å². The molecule has 0 saturated heterocycles. The maximum Gasteiger partial charge on any atom is 0.360 e. The molecule has 1 N–H and O–H groups in total. The van der Waals surface area contributed by atoms with Gasteiger partial charge in [-0.25, -0.2) is 9.78 Å². The normalized spacial score (nSPS) is 10.9. The summed E-state index contributed by atoms with van der Waals surface area (Å²) >= 11 is 0. The first-order chi connectivity index (χ1) is 12.1. The highest BCUT2D eigenvalue weighted by Crippen LogP contribution is 2.28. The van der Waals surface area contributed by atoms with Gasteiger partial charge in [-0.05, 0) is 37.3 Å². The first-order valence-electron chi connectivity index (χ1n) is 7.43. The lowest BCUT2D eigenvalue weighted by atomic mass is 10.2. The number of ether oxygens (including phenoxy) is 1. The molecule has 0 fully saturated rings. The van der Waals surface area contributed by atoms with E-state index in [0.717, 1.165) is 0 Å². The maximum absolute atomic E-state index is 12.1. The monoisotopic (exact) mass is 335 g/mol. The van der Waals surface area contributed by atoms with Crippen molar-refractivity contribution in [1.29, 1.82) is 5.26 Å². The van der Waals surface area contributed by atoms with Crippen LogP contribution in [0.5, 0.6) is 5.75 Å². The molecule has 0 bridgehead atoms. The van der Waals surface area contributed by atoms with Crippen molar-refractivity contribution in [3.8, 4) is 11.8 Å². The molecular weight excluding hydrogens is 322 g/mol. The van der Waals surface area contributed by atoms with Crippen LogP contribution in [0.3, 0.4) is 0 Å². The summed E-state index contributed by atoms with van der Waals surface area (Å²) in [5.41, 5.74) is 1.01. The van der Waals surface area contributed by atoms with Gasteiger partial charge in [0.25, 0.3) is 0 Å². The van der Waals surface area contributed by atoms with E-state index in [2.05, 4.69) is 15.2 Å². The zero-order valence-electron chi connectivity index (χ0n) is 13.2. The number of hydrogen-bond donors (Lipinski definition) is 1. The molecule has 25 heavy (non-hydrogen) atoms. The fourth-order valence-corrected chi connectivity index (χ4v) is 2.22. The van der Waals surface area contributed by atoms with Gasteiger partial charge in [-0.15, -0.1) is 10.2 Å². The Bertz CT molecular complexity index is 1020. The number of pyridine rings is 1. The number of imidazole rings is 1. The maximum atomic E-state index is 12.1. The molecule has 0 aliphatic carbocycles. The minimum atomic E-state index is -0.662. The molecule has 2 heterocycles. The van der Waals surface area contributed by atoms with Crippen LogP contribution in [0.1, 0.15) is 23.0 Å². The largest absolute Gasteiger partial charge is 0.504 e. The average Bonchev–Trinajstić information content (AvgIpc) is 3.00. The predicted octanol–water partition coefficient (Wildman–Crippen LogP) is 3.50. The SMILES string of the molecule is CCOC(=O)c1nc2c(O)cccn2c1N=Nc1cccc(C#N)c1. The van der Waals surface area contributed by atoms with Gasteiger partial charge in [-0.1, -0.05) is 6.07 Å². The van der Waals surface area contributed by atoms with Crippen LogP contribution in [0.15, 0.2) is 52.8 Å². The van der Waals surface area contributed by atoms with Crippen molar-refractivity contribution in [1.82, 2.24) is 9.38 Å². The number of aromatic nitrogens is 2. The van der Waals surface area contributed by atoms with Crippen molar-refractivity contribution in [2.75, 3.05) is 6.61 Å². The van der Waals surface area contributed by atoms with Gasteiger partial charge < -0.3 is 9.84 Å². The lowest BCUT2D eigenvalue weighted by Gasteiger charge is -2.00. The first kappa shape index (κ1) is 16.1. The van der Waals surface area contributed by atoms with Crippen molar-refractivity contribution in [2.24, 2.45) is 10.2 Å². The topological polar surface area (TPSA) is 112 Å². The summed E-state index contributed by atoms with van der Waals surface area (Å²) in [7, 11) is 0. The zero-order valence-corrected chi connectivity index (χ0v) is 13.2. The van der Waals surface area contributed by atoms with Gasteiger partial charge in [0.15, 0.2) is 22.9 Å². The smallest absolute Gasteiger partial charge is 0.360 e. The summed E-state index contributed by atoms with van der Waals surface area (Å²) in [4.78, 5) is 16.2. The Hall–Kier alpha value is -3.73. The second-order valence-electron chi connectivity index (χ2n) is 4.95. The van der Waals surface area contributed by atoms with Crippen LogP contribution >= 0.6 is 0 Å². The molecule has 1 aromatic carbocycles. The van der Waals surface area contributed by atoms with Gasteiger partial charge >= 0.3 is 5.97 Å². The second-order valence-corrected chi connectivity index (χ2v) is 4.95. The molecule has 0 unspecified atom stereocenters. The number of azo groups is 1. The van der Waals surface area contributed by atoms with Crippen LogP contribution in [0.25, 0.3) is 5.65 Å². The van der Waals surface area contributed by atoms with Gasteiger partial charge in [0, 0.05) is 6.20 Å². The van der Waals surface area contributed by atoms with E-state index < -0.39 is 5.97 Å². The summed E-state index contributed by atoms with van der Waals surface area (Å²) in [5.74, 6) is -0.627. The number of hydrogen-bond acceptors (Lipinski definition) is 7. The highest BCUT2D eigenvalue weighted by Gasteiger charge is 2.21. The van der Waals surface area contributed by atoms with E-state index in [1.807, 2.05) is 6.07 Å². The lowest BCUT2D eigenvalue weighted by molar-refractivity contribution is 0.0521. The fourth-order valence-electron chi connectivity index (χ4n) is 2.22. The summed E-state index contributed by atoms with van der Waals surface area (Å²) in [6.07, 6.45) is 1.60. The van der Waals surface area contributed by atoms with E-state index in [0.29, 0.717) is 11.3 Å². The number of aromatic hydroxyl groups is 1. The van der Waals surface area contributed by atoms with Gasteiger partial charge in [0.05, 0.1) is 23.9 Å². The van der Waals surface area contributed by atoms with Crippen LogP contribution in [-0.4, -0.2) is 27.1 Å².